The second kappa shape index (κ2) is 13.9. The number of methoxy groups -OCH3 is 2. The largest absolute Gasteiger partial charge is 0.497 e. The first-order chi connectivity index (χ1) is 20.1. The third-order valence-corrected chi connectivity index (χ3v) is 7.22. The normalized spacial score (nSPS) is 13.6. The van der Waals surface area contributed by atoms with E-state index in [2.05, 4.69) is 21.2 Å². The molecule has 41 heavy (non-hydrogen) atoms. The summed E-state index contributed by atoms with van der Waals surface area (Å²) < 4.78 is 16.1. The molecule has 0 atom stereocenters. The molecule has 0 bridgehead atoms. The molecule has 1 aliphatic rings. The number of anilines is 2. The summed E-state index contributed by atoms with van der Waals surface area (Å²) in [7, 11) is 3.28. The quantitative estimate of drug-likeness (QED) is 0.265. The Bertz CT molecular complexity index is 1420. The minimum atomic E-state index is -0.0536. The number of carbonyl (C=O) groups excluding carboxylic acids is 1. The lowest BCUT2D eigenvalue weighted by Gasteiger charge is -2.29. The van der Waals surface area contributed by atoms with Crippen LogP contribution in [0.4, 0.5) is 11.5 Å². The highest BCUT2D eigenvalue weighted by Gasteiger charge is 2.18. The molecule has 3 aromatic carbocycles. The van der Waals surface area contributed by atoms with Gasteiger partial charge in [0.25, 0.3) is 0 Å². The van der Waals surface area contributed by atoms with E-state index >= 15 is 0 Å². The number of fused-ring (bicyclic) bond motifs is 1. The minimum Gasteiger partial charge on any atom is -0.497 e. The highest BCUT2D eigenvalue weighted by atomic mass is 16.5. The van der Waals surface area contributed by atoms with Gasteiger partial charge in [-0.05, 0) is 67.1 Å². The van der Waals surface area contributed by atoms with Crippen LogP contribution in [0.1, 0.15) is 12.8 Å². The van der Waals surface area contributed by atoms with Crippen molar-refractivity contribution in [2.24, 2.45) is 0 Å². The zero-order valence-corrected chi connectivity index (χ0v) is 23.7. The molecule has 1 N–H and O–H groups in total. The van der Waals surface area contributed by atoms with Crippen LogP contribution in [0.15, 0.2) is 72.8 Å². The van der Waals surface area contributed by atoms with Gasteiger partial charge >= 0.3 is 0 Å². The van der Waals surface area contributed by atoms with Crippen molar-refractivity contribution in [1.29, 1.82) is 0 Å². The van der Waals surface area contributed by atoms with E-state index in [1.807, 2.05) is 66.7 Å². The Morgan fingerprint density at radius 3 is 2.29 bits per heavy atom. The van der Waals surface area contributed by atoms with Crippen molar-refractivity contribution >= 4 is 28.3 Å². The number of amides is 1. The van der Waals surface area contributed by atoms with Crippen LogP contribution in [0.2, 0.25) is 0 Å². The molecule has 0 aliphatic carbocycles. The van der Waals surface area contributed by atoms with Crippen molar-refractivity contribution in [2.75, 3.05) is 70.4 Å². The number of nitrogens with one attached hydrogen (secondary N) is 1. The predicted octanol–water partition coefficient (Wildman–Crippen LogP) is 4.87. The zero-order chi connectivity index (χ0) is 28.4. The van der Waals surface area contributed by atoms with Crippen LogP contribution in [-0.2, 0) is 9.53 Å². The van der Waals surface area contributed by atoms with Crippen LogP contribution < -0.4 is 19.7 Å². The van der Waals surface area contributed by atoms with Gasteiger partial charge in [-0.25, -0.2) is 9.97 Å². The van der Waals surface area contributed by atoms with Crippen molar-refractivity contribution in [3.05, 3.63) is 72.8 Å². The van der Waals surface area contributed by atoms with E-state index in [0.717, 1.165) is 85.3 Å². The van der Waals surface area contributed by atoms with Crippen LogP contribution in [0, 0.1) is 0 Å². The van der Waals surface area contributed by atoms with Gasteiger partial charge in [0.15, 0.2) is 5.82 Å². The van der Waals surface area contributed by atoms with E-state index in [0.29, 0.717) is 18.8 Å². The molecule has 9 heteroatoms. The summed E-state index contributed by atoms with van der Waals surface area (Å²) in [6, 6.07) is 23.2. The molecule has 5 rings (SSSR count). The number of aromatic nitrogens is 2. The van der Waals surface area contributed by atoms with Crippen molar-refractivity contribution in [2.45, 2.75) is 12.8 Å². The summed E-state index contributed by atoms with van der Waals surface area (Å²) in [6.45, 7) is 5.69. The van der Waals surface area contributed by atoms with Gasteiger partial charge in [-0.2, -0.15) is 0 Å². The molecule has 1 amide bonds. The number of carbonyl (C=O) groups is 1. The Balaban J connectivity index is 1.39. The lowest BCUT2D eigenvalue weighted by Crippen LogP contribution is -2.38. The number of rotatable bonds is 12. The van der Waals surface area contributed by atoms with E-state index in [9.17, 15) is 4.79 Å². The Morgan fingerprint density at radius 2 is 1.59 bits per heavy atom. The van der Waals surface area contributed by atoms with Gasteiger partial charge in [-0.15, -0.1) is 0 Å². The Kier molecular flexibility index (Phi) is 9.61. The number of para-hydroxylation sites is 1. The Morgan fingerprint density at radius 1 is 0.902 bits per heavy atom. The molecule has 0 saturated carbocycles. The highest BCUT2D eigenvalue weighted by molar-refractivity contribution is 5.93. The third kappa shape index (κ3) is 7.50. The lowest BCUT2D eigenvalue weighted by molar-refractivity contribution is -0.116. The molecule has 0 unspecified atom stereocenters. The zero-order valence-electron chi connectivity index (χ0n) is 23.7. The number of ether oxygens (including phenoxy) is 3. The SMILES string of the molecule is COc1ccc(NC(=O)CCN(CCCN2CCOCC2)c2nc(-c3ccc(OC)cc3)nc3ccccc23)cc1. The molecule has 9 nitrogen and oxygen atoms in total. The smallest absolute Gasteiger partial charge is 0.226 e. The van der Waals surface area contributed by atoms with Crippen LogP contribution in [-0.4, -0.2) is 80.9 Å². The van der Waals surface area contributed by atoms with Crippen LogP contribution in [0.5, 0.6) is 11.5 Å². The molecular weight excluding hydrogens is 518 g/mol. The second-order valence-electron chi connectivity index (χ2n) is 9.94. The first kappa shape index (κ1) is 28.3. The first-order valence-corrected chi connectivity index (χ1v) is 14.0. The molecule has 1 aromatic heterocycles. The van der Waals surface area contributed by atoms with E-state index in [1.54, 1.807) is 14.2 Å². The van der Waals surface area contributed by atoms with Crippen molar-refractivity contribution in [3.63, 3.8) is 0 Å². The van der Waals surface area contributed by atoms with E-state index in [1.165, 1.54) is 0 Å². The number of hydrogen-bond acceptors (Lipinski definition) is 8. The third-order valence-electron chi connectivity index (χ3n) is 7.22. The average molecular weight is 556 g/mol. The van der Waals surface area contributed by atoms with Gasteiger partial charge in [-0.3, -0.25) is 9.69 Å². The van der Waals surface area contributed by atoms with Crippen LogP contribution >= 0.6 is 0 Å². The van der Waals surface area contributed by atoms with Crippen molar-refractivity contribution in [3.8, 4) is 22.9 Å². The summed E-state index contributed by atoms with van der Waals surface area (Å²) in [5.41, 5.74) is 2.51. The van der Waals surface area contributed by atoms with Gasteiger partial charge in [-0.1, -0.05) is 12.1 Å². The number of morpholine rings is 1. The summed E-state index contributed by atoms with van der Waals surface area (Å²) in [5, 5.41) is 3.97. The molecule has 214 valence electrons. The minimum absolute atomic E-state index is 0.0536. The van der Waals surface area contributed by atoms with Crippen molar-refractivity contribution in [1.82, 2.24) is 14.9 Å². The van der Waals surface area contributed by atoms with Crippen LogP contribution in [0.3, 0.4) is 0 Å². The van der Waals surface area contributed by atoms with Gasteiger partial charge in [0.2, 0.25) is 5.91 Å². The topological polar surface area (TPSA) is 89.1 Å². The maximum atomic E-state index is 13.0. The molecule has 0 spiro atoms. The molecule has 2 heterocycles. The fourth-order valence-electron chi connectivity index (χ4n) is 4.94. The summed E-state index contributed by atoms with van der Waals surface area (Å²) in [6.07, 6.45) is 1.26. The fourth-order valence-corrected chi connectivity index (χ4v) is 4.94. The van der Waals surface area contributed by atoms with Crippen LogP contribution in [0.25, 0.3) is 22.3 Å². The molecule has 4 aromatic rings. The Labute approximate surface area is 241 Å². The molecule has 1 aliphatic heterocycles. The van der Waals surface area contributed by atoms with E-state index in [4.69, 9.17) is 24.2 Å². The number of nitrogens with zero attached hydrogens (tertiary/aromatic N) is 4. The van der Waals surface area contributed by atoms with Crippen molar-refractivity contribution < 1.29 is 19.0 Å². The standard InChI is InChI=1S/C32H37N5O4/c1-39-26-12-8-24(9-13-26)31-34-29-7-4-3-6-28(29)32(35-31)37(18-5-17-36-20-22-41-23-21-36)19-16-30(38)33-25-10-14-27(40-2)15-11-25/h3-4,6-15H,5,16-23H2,1-2H3,(H,33,38). The maximum Gasteiger partial charge on any atom is 0.226 e. The number of hydrogen-bond donors (Lipinski definition) is 1. The molecular formula is C32H37N5O4. The van der Waals surface area contributed by atoms with Gasteiger partial charge in [0, 0.05) is 55.8 Å². The molecule has 1 fully saturated rings. The Hall–Kier alpha value is -4.21. The number of benzene rings is 3. The van der Waals surface area contributed by atoms with E-state index in [-0.39, 0.29) is 5.91 Å². The highest BCUT2D eigenvalue weighted by Crippen LogP contribution is 2.29. The summed E-state index contributed by atoms with van der Waals surface area (Å²) >= 11 is 0. The predicted molar refractivity (Wildman–Crippen MR) is 162 cm³/mol. The van der Waals surface area contributed by atoms with Gasteiger partial charge < -0.3 is 24.4 Å². The van der Waals surface area contributed by atoms with Gasteiger partial charge in [0.05, 0.1) is 33.0 Å². The average Bonchev–Trinajstić information content (AvgIpc) is 3.03. The van der Waals surface area contributed by atoms with Gasteiger partial charge in [0.1, 0.15) is 17.3 Å². The van der Waals surface area contributed by atoms with E-state index < -0.39 is 0 Å². The fraction of sp³-hybridized carbons (Fsp3) is 0.344. The maximum absolute atomic E-state index is 13.0. The summed E-state index contributed by atoms with van der Waals surface area (Å²) in [4.78, 5) is 27.6. The first-order valence-electron chi connectivity index (χ1n) is 14.0. The summed E-state index contributed by atoms with van der Waals surface area (Å²) in [5.74, 6) is 2.95. The second-order valence-corrected chi connectivity index (χ2v) is 9.94. The molecule has 0 radical (unpaired) electrons. The molecule has 1 saturated heterocycles. The monoisotopic (exact) mass is 555 g/mol. The lowest BCUT2D eigenvalue weighted by atomic mass is 10.1.